The third-order valence-corrected chi connectivity index (χ3v) is 11.6. The molecule has 0 spiro atoms. The molecule has 2 saturated carbocycles. The second-order valence-electron chi connectivity index (χ2n) is 16.3. The van der Waals surface area contributed by atoms with Gasteiger partial charge in [0, 0.05) is 67.6 Å². The smallest absolute Gasteiger partial charge is 0.251 e. The molecule has 5 N–H and O–H groups in total. The van der Waals surface area contributed by atoms with Crippen molar-refractivity contribution in [1.29, 1.82) is 0 Å². The van der Waals surface area contributed by atoms with E-state index in [0.717, 1.165) is 63.6 Å². The summed E-state index contributed by atoms with van der Waals surface area (Å²) in [6.07, 6.45) is 6.47. The number of aldehydes is 1. The Morgan fingerprint density at radius 2 is 1.00 bits per heavy atom. The van der Waals surface area contributed by atoms with Crippen LogP contribution in [-0.4, -0.2) is 96.6 Å². The molecule has 0 radical (unpaired) electrons. The van der Waals surface area contributed by atoms with E-state index in [1.807, 2.05) is 24.3 Å². The Bertz CT molecular complexity index is 2150. The Hall–Kier alpha value is -5.93. The summed E-state index contributed by atoms with van der Waals surface area (Å²) in [5.74, 6) is -1.40. The van der Waals surface area contributed by atoms with Crippen molar-refractivity contribution in [2.75, 3.05) is 32.7 Å². The molecule has 4 fully saturated rings. The van der Waals surface area contributed by atoms with Gasteiger partial charge in [-0.3, -0.25) is 19.2 Å². The first-order valence-corrected chi connectivity index (χ1v) is 21.5. The SMILES string of the molecule is N[C@@H]1CC1c1ccc(F)cc1.O=C(N[C@@H](CCCNC1C[C@H]1c1ccc(F)cc1)C(=O)N1CCC1)c1ccc(F)cc1.O=CCC[C@H](NC(=O)c1ccc(F)cc1)C(=O)N1CCC1. The maximum atomic E-state index is 13.1. The minimum absolute atomic E-state index is 0.0580. The highest BCUT2D eigenvalue weighted by atomic mass is 19.1. The summed E-state index contributed by atoms with van der Waals surface area (Å²) in [5, 5.41) is 8.94. The van der Waals surface area contributed by atoms with Crippen molar-refractivity contribution >= 4 is 29.9 Å². The quantitative estimate of drug-likeness (QED) is 0.0613. The van der Waals surface area contributed by atoms with E-state index in [0.29, 0.717) is 49.0 Å². The first-order valence-electron chi connectivity index (χ1n) is 21.5. The number of likely N-dealkylation sites (tertiary alicyclic amines) is 2. The number of nitrogens with one attached hydrogen (secondary N) is 3. The van der Waals surface area contributed by atoms with Gasteiger partial charge >= 0.3 is 0 Å². The number of halogens is 4. The van der Waals surface area contributed by atoms with Crippen LogP contribution in [0, 0.1) is 23.3 Å². The topological polar surface area (TPSA) is 154 Å². The van der Waals surface area contributed by atoms with Crippen LogP contribution in [0.25, 0.3) is 0 Å². The predicted molar refractivity (Wildman–Crippen MR) is 230 cm³/mol. The minimum atomic E-state index is -0.715. The zero-order valence-electron chi connectivity index (χ0n) is 35.0. The van der Waals surface area contributed by atoms with Crippen LogP contribution in [0.15, 0.2) is 97.1 Å². The summed E-state index contributed by atoms with van der Waals surface area (Å²) >= 11 is 0. The molecule has 2 saturated heterocycles. The molecule has 0 bridgehead atoms. The van der Waals surface area contributed by atoms with Crippen LogP contribution >= 0.6 is 0 Å². The van der Waals surface area contributed by atoms with Gasteiger partial charge in [0.05, 0.1) is 0 Å². The molecule has 334 valence electrons. The molecule has 11 nitrogen and oxygen atoms in total. The van der Waals surface area contributed by atoms with Crippen LogP contribution in [0.3, 0.4) is 0 Å². The molecule has 2 aliphatic carbocycles. The third-order valence-electron chi connectivity index (χ3n) is 11.6. The van der Waals surface area contributed by atoms with Crippen molar-refractivity contribution in [3.63, 3.8) is 0 Å². The number of carbonyl (C=O) groups excluding carboxylic acids is 5. The van der Waals surface area contributed by atoms with Gasteiger partial charge in [-0.25, -0.2) is 17.6 Å². The number of hydrogen-bond donors (Lipinski definition) is 4. The Morgan fingerprint density at radius 3 is 1.38 bits per heavy atom. The predicted octanol–water partition coefficient (Wildman–Crippen LogP) is 6.00. The molecule has 2 unspecified atom stereocenters. The lowest BCUT2D eigenvalue weighted by molar-refractivity contribution is -0.137. The van der Waals surface area contributed by atoms with Crippen LogP contribution in [0.1, 0.15) is 95.0 Å². The van der Waals surface area contributed by atoms with E-state index in [1.165, 1.54) is 78.4 Å². The zero-order valence-corrected chi connectivity index (χ0v) is 35.0. The van der Waals surface area contributed by atoms with Gasteiger partial charge in [0.15, 0.2) is 0 Å². The van der Waals surface area contributed by atoms with Crippen molar-refractivity contribution in [2.24, 2.45) is 5.73 Å². The highest BCUT2D eigenvalue weighted by Crippen LogP contribution is 2.41. The van der Waals surface area contributed by atoms with E-state index in [2.05, 4.69) is 16.0 Å². The van der Waals surface area contributed by atoms with Gasteiger partial charge in [-0.1, -0.05) is 24.3 Å². The molecule has 6 atom stereocenters. The molecule has 4 aliphatic rings. The molecule has 2 aliphatic heterocycles. The lowest BCUT2D eigenvalue weighted by atomic mass is 10.1. The summed E-state index contributed by atoms with van der Waals surface area (Å²) in [7, 11) is 0. The Labute approximate surface area is 364 Å². The fourth-order valence-corrected chi connectivity index (χ4v) is 7.35. The summed E-state index contributed by atoms with van der Waals surface area (Å²) in [4.78, 5) is 63.4. The molecule has 0 aromatic heterocycles. The first kappa shape index (κ1) is 46.6. The Morgan fingerprint density at radius 1 is 0.603 bits per heavy atom. The van der Waals surface area contributed by atoms with Crippen molar-refractivity contribution < 1.29 is 41.5 Å². The van der Waals surface area contributed by atoms with Crippen molar-refractivity contribution in [1.82, 2.24) is 25.8 Å². The highest BCUT2D eigenvalue weighted by molar-refractivity contribution is 5.98. The molecule has 4 amide bonds. The van der Waals surface area contributed by atoms with Gasteiger partial charge < -0.3 is 36.3 Å². The van der Waals surface area contributed by atoms with Crippen molar-refractivity contribution in [3.8, 4) is 0 Å². The largest absolute Gasteiger partial charge is 0.341 e. The summed E-state index contributed by atoms with van der Waals surface area (Å²) in [5.41, 5.74) is 8.56. The number of hydrogen-bond acceptors (Lipinski definition) is 7. The summed E-state index contributed by atoms with van der Waals surface area (Å²) in [6, 6.07) is 23.0. The van der Waals surface area contributed by atoms with Crippen LogP contribution in [0.2, 0.25) is 0 Å². The van der Waals surface area contributed by atoms with Crippen molar-refractivity contribution in [2.45, 2.75) is 87.4 Å². The molecule has 2 heterocycles. The lowest BCUT2D eigenvalue weighted by Crippen LogP contribution is -2.53. The Balaban J connectivity index is 0.000000177. The standard InChI is InChI=1S/C24H27F2N3O2.C15H17FN2O3.C9H10FN/c25-18-8-4-16(5-9-18)20-15-22(20)27-12-1-3-21(24(31)29-13-2-14-29)28-23(30)17-6-10-19(26)11-7-17;16-12-6-4-11(5-7-12)14(20)17-13(3-1-10-19)15(21)18-8-2-9-18;10-7-3-1-6(2-4-7)8-5-9(8)11/h4-11,20-22,27H,1-3,12-15H2,(H,28,30);4-7,10,13H,1-3,8-9H2,(H,17,20);1-4,8-9H,5,11H2/t20-,21-,22?;13-;8?,9-/m001/s1. The molecule has 63 heavy (non-hydrogen) atoms. The average molecular weight is 871 g/mol. The van der Waals surface area contributed by atoms with Crippen LogP contribution in [0.4, 0.5) is 17.6 Å². The molecule has 4 aromatic rings. The van der Waals surface area contributed by atoms with E-state index in [9.17, 15) is 41.5 Å². The number of benzene rings is 4. The Kier molecular flexibility index (Phi) is 16.6. The fourth-order valence-electron chi connectivity index (χ4n) is 7.35. The van der Waals surface area contributed by atoms with Gasteiger partial charge in [-0.15, -0.1) is 0 Å². The number of amides is 4. The summed E-state index contributed by atoms with van der Waals surface area (Å²) in [6.45, 7) is 3.55. The highest BCUT2D eigenvalue weighted by Gasteiger charge is 2.38. The van der Waals surface area contributed by atoms with E-state index < -0.39 is 29.6 Å². The zero-order chi connectivity index (χ0) is 44.9. The third kappa shape index (κ3) is 13.8. The normalized spacial score (nSPS) is 20.1. The van der Waals surface area contributed by atoms with Crippen LogP contribution in [-0.2, 0) is 14.4 Å². The van der Waals surface area contributed by atoms with E-state index in [-0.39, 0.29) is 47.8 Å². The molecular weight excluding hydrogens is 817 g/mol. The second-order valence-corrected chi connectivity index (χ2v) is 16.3. The average Bonchev–Trinajstić information content (AvgIpc) is 4.17. The molecular formula is C48H54F4N6O5. The fraction of sp³-hybridized carbons (Fsp3) is 0.396. The number of nitrogens with zero attached hydrogens (tertiary/aromatic N) is 2. The second kappa shape index (κ2) is 22.4. The maximum Gasteiger partial charge on any atom is 0.251 e. The van der Waals surface area contributed by atoms with E-state index in [4.69, 9.17) is 5.73 Å². The number of nitrogens with two attached hydrogens (primary N) is 1. The molecule has 8 rings (SSSR count). The maximum absolute atomic E-state index is 13.1. The molecule has 15 heteroatoms. The van der Waals surface area contributed by atoms with Crippen molar-refractivity contribution in [3.05, 3.63) is 143 Å². The molecule has 4 aromatic carbocycles. The summed E-state index contributed by atoms with van der Waals surface area (Å²) < 4.78 is 51.5. The van der Waals surface area contributed by atoms with E-state index in [1.54, 1.807) is 9.80 Å². The van der Waals surface area contributed by atoms with Gasteiger partial charge in [-0.2, -0.15) is 0 Å². The first-order chi connectivity index (χ1) is 30.4. The van der Waals surface area contributed by atoms with Gasteiger partial charge in [-0.05, 0) is 135 Å². The van der Waals surface area contributed by atoms with Gasteiger partial charge in [0.2, 0.25) is 11.8 Å². The lowest BCUT2D eigenvalue weighted by Gasteiger charge is -2.34. The minimum Gasteiger partial charge on any atom is -0.341 e. The van der Waals surface area contributed by atoms with Crippen LogP contribution < -0.4 is 21.7 Å². The number of rotatable bonds is 16. The van der Waals surface area contributed by atoms with Gasteiger partial charge in [0.1, 0.15) is 41.6 Å². The monoisotopic (exact) mass is 870 g/mol. The number of carbonyl (C=O) groups is 5. The van der Waals surface area contributed by atoms with Crippen LogP contribution in [0.5, 0.6) is 0 Å². The van der Waals surface area contributed by atoms with E-state index >= 15 is 0 Å². The van der Waals surface area contributed by atoms with Gasteiger partial charge in [0.25, 0.3) is 11.8 Å².